The topological polar surface area (TPSA) is 32.3 Å². The lowest BCUT2D eigenvalue weighted by molar-refractivity contribution is -0.128. The second-order valence-corrected chi connectivity index (χ2v) is 3.80. The van der Waals surface area contributed by atoms with Crippen molar-refractivity contribution in [2.75, 3.05) is 26.2 Å². The van der Waals surface area contributed by atoms with Crippen LogP contribution >= 0.6 is 0 Å². The Morgan fingerprint density at radius 3 is 3.08 bits per heavy atom. The lowest BCUT2D eigenvalue weighted by atomic mass is 10.1. The van der Waals surface area contributed by atoms with E-state index in [0.29, 0.717) is 11.8 Å². The maximum atomic E-state index is 11.3. The lowest BCUT2D eigenvalue weighted by Gasteiger charge is -2.19. The number of hydrogen-bond donors (Lipinski definition) is 1. The molecule has 1 unspecified atom stereocenters. The van der Waals surface area contributed by atoms with Crippen LogP contribution in [0.2, 0.25) is 0 Å². The van der Waals surface area contributed by atoms with Gasteiger partial charge in [0.2, 0.25) is 5.91 Å². The third-order valence-corrected chi connectivity index (χ3v) is 2.81. The summed E-state index contributed by atoms with van der Waals surface area (Å²) in [5, 5.41) is 3.32. The van der Waals surface area contributed by atoms with E-state index >= 15 is 0 Å². The molecular weight excluding hydrogens is 152 g/mol. The summed E-state index contributed by atoms with van der Waals surface area (Å²) in [4.78, 5) is 13.3. The molecule has 0 radical (unpaired) electrons. The van der Waals surface area contributed by atoms with E-state index in [1.165, 1.54) is 6.42 Å². The van der Waals surface area contributed by atoms with E-state index in [4.69, 9.17) is 0 Å². The van der Waals surface area contributed by atoms with Crippen LogP contribution in [0.4, 0.5) is 0 Å². The highest BCUT2D eigenvalue weighted by molar-refractivity contribution is 5.78. The van der Waals surface area contributed by atoms with Gasteiger partial charge >= 0.3 is 0 Å². The molecule has 0 aromatic carbocycles. The van der Waals surface area contributed by atoms with Crippen LogP contribution in [0.3, 0.4) is 0 Å². The third kappa shape index (κ3) is 1.61. The van der Waals surface area contributed by atoms with Crippen LogP contribution in [0.15, 0.2) is 0 Å². The third-order valence-electron chi connectivity index (χ3n) is 2.81. The molecule has 68 valence electrons. The zero-order chi connectivity index (χ0) is 8.39. The summed E-state index contributed by atoms with van der Waals surface area (Å²) in [5.41, 5.74) is 0. The Morgan fingerprint density at radius 1 is 1.58 bits per heavy atom. The van der Waals surface area contributed by atoms with Crippen LogP contribution in [0.5, 0.6) is 0 Å². The summed E-state index contributed by atoms with van der Waals surface area (Å²) in [6.45, 7) is 4.22. The average molecular weight is 168 g/mol. The van der Waals surface area contributed by atoms with Gasteiger partial charge in [0.05, 0.1) is 0 Å². The molecule has 1 N–H and O–H groups in total. The molecule has 0 spiro atoms. The van der Waals surface area contributed by atoms with Gasteiger partial charge in [-0.3, -0.25) is 4.79 Å². The smallest absolute Gasteiger partial charge is 0.222 e. The van der Waals surface area contributed by atoms with Crippen molar-refractivity contribution >= 4 is 5.91 Å². The Balaban J connectivity index is 1.81. The molecule has 0 bridgehead atoms. The van der Waals surface area contributed by atoms with Gasteiger partial charge in [-0.25, -0.2) is 0 Å². The first-order chi connectivity index (χ1) is 5.86. The molecule has 3 nitrogen and oxygen atoms in total. The Bertz CT molecular complexity index is 175. The molecule has 3 heteroatoms. The van der Waals surface area contributed by atoms with E-state index in [1.807, 2.05) is 4.90 Å². The summed E-state index contributed by atoms with van der Waals surface area (Å²) in [7, 11) is 0. The van der Waals surface area contributed by atoms with Crippen LogP contribution in [0, 0.1) is 5.92 Å². The molecule has 2 aliphatic heterocycles. The molecule has 1 atom stereocenters. The summed E-state index contributed by atoms with van der Waals surface area (Å²) in [6.07, 6.45) is 3.09. The Morgan fingerprint density at radius 2 is 2.50 bits per heavy atom. The number of carbonyl (C=O) groups is 1. The molecule has 0 aromatic heterocycles. The SMILES string of the molecule is O=C1CCCN1CC1CCNC1. The zero-order valence-electron chi connectivity index (χ0n) is 7.38. The first-order valence-electron chi connectivity index (χ1n) is 4.85. The van der Waals surface area contributed by atoms with E-state index in [0.717, 1.165) is 39.0 Å². The maximum Gasteiger partial charge on any atom is 0.222 e. The van der Waals surface area contributed by atoms with Crippen LogP contribution in [-0.2, 0) is 4.79 Å². The fourth-order valence-electron chi connectivity index (χ4n) is 2.08. The quantitative estimate of drug-likeness (QED) is 0.639. The predicted octanol–water partition coefficient (Wildman–Crippen LogP) is 0.218. The van der Waals surface area contributed by atoms with E-state index in [1.54, 1.807) is 0 Å². The number of rotatable bonds is 2. The molecule has 2 aliphatic rings. The van der Waals surface area contributed by atoms with Crippen molar-refractivity contribution in [3.63, 3.8) is 0 Å². The highest BCUT2D eigenvalue weighted by atomic mass is 16.2. The summed E-state index contributed by atoms with van der Waals surface area (Å²) in [5.74, 6) is 1.08. The van der Waals surface area contributed by atoms with Crippen LogP contribution in [0.1, 0.15) is 19.3 Å². The summed E-state index contributed by atoms with van der Waals surface area (Å²) < 4.78 is 0. The number of amides is 1. The summed E-state index contributed by atoms with van der Waals surface area (Å²) >= 11 is 0. The Kier molecular flexibility index (Phi) is 2.30. The van der Waals surface area contributed by atoms with E-state index in [2.05, 4.69) is 5.32 Å². The maximum absolute atomic E-state index is 11.3. The van der Waals surface area contributed by atoms with Gasteiger partial charge < -0.3 is 10.2 Å². The van der Waals surface area contributed by atoms with Gasteiger partial charge in [-0.15, -0.1) is 0 Å². The Labute approximate surface area is 73.1 Å². The van der Waals surface area contributed by atoms with Gasteiger partial charge in [-0.1, -0.05) is 0 Å². The van der Waals surface area contributed by atoms with Crippen LogP contribution in [-0.4, -0.2) is 37.0 Å². The molecule has 2 heterocycles. The second kappa shape index (κ2) is 3.44. The van der Waals surface area contributed by atoms with Crippen molar-refractivity contribution in [1.82, 2.24) is 10.2 Å². The molecule has 0 saturated carbocycles. The number of nitrogens with zero attached hydrogens (tertiary/aromatic N) is 1. The molecule has 2 rings (SSSR count). The minimum Gasteiger partial charge on any atom is -0.342 e. The molecule has 1 amide bonds. The first-order valence-corrected chi connectivity index (χ1v) is 4.85. The molecule has 2 saturated heterocycles. The van der Waals surface area contributed by atoms with Gasteiger partial charge in [-0.05, 0) is 31.8 Å². The number of likely N-dealkylation sites (tertiary alicyclic amines) is 1. The van der Waals surface area contributed by atoms with Crippen molar-refractivity contribution in [1.29, 1.82) is 0 Å². The number of hydrogen-bond acceptors (Lipinski definition) is 2. The summed E-state index contributed by atoms with van der Waals surface area (Å²) in [6, 6.07) is 0. The molecule has 2 fully saturated rings. The Hall–Kier alpha value is -0.570. The highest BCUT2D eigenvalue weighted by Gasteiger charge is 2.24. The molecular formula is C9H16N2O. The molecule has 0 aromatic rings. The second-order valence-electron chi connectivity index (χ2n) is 3.80. The van der Waals surface area contributed by atoms with Gasteiger partial charge in [0.25, 0.3) is 0 Å². The van der Waals surface area contributed by atoms with Gasteiger partial charge in [0.15, 0.2) is 0 Å². The van der Waals surface area contributed by atoms with Gasteiger partial charge in [0.1, 0.15) is 0 Å². The van der Waals surface area contributed by atoms with E-state index in [9.17, 15) is 4.79 Å². The van der Waals surface area contributed by atoms with Crippen molar-refractivity contribution in [2.24, 2.45) is 5.92 Å². The highest BCUT2D eigenvalue weighted by Crippen LogP contribution is 2.15. The van der Waals surface area contributed by atoms with Crippen molar-refractivity contribution in [3.8, 4) is 0 Å². The zero-order valence-corrected chi connectivity index (χ0v) is 7.38. The number of nitrogens with one attached hydrogen (secondary N) is 1. The molecule has 12 heavy (non-hydrogen) atoms. The van der Waals surface area contributed by atoms with Crippen LogP contribution < -0.4 is 5.32 Å². The molecule has 0 aliphatic carbocycles. The van der Waals surface area contributed by atoms with Crippen LogP contribution in [0.25, 0.3) is 0 Å². The van der Waals surface area contributed by atoms with E-state index < -0.39 is 0 Å². The predicted molar refractivity (Wildman–Crippen MR) is 46.8 cm³/mol. The first kappa shape index (κ1) is 8.05. The van der Waals surface area contributed by atoms with Crippen molar-refractivity contribution in [3.05, 3.63) is 0 Å². The van der Waals surface area contributed by atoms with Crippen molar-refractivity contribution < 1.29 is 4.79 Å². The standard InChI is InChI=1S/C9H16N2O/c12-9-2-1-5-11(9)7-8-3-4-10-6-8/h8,10H,1-7H2. The monoisotopic (exact) mass is 168 g/mol. The minimum atomic E-state index is 0.363. The largest absolute Gasteiger partial charge is 0.342 e. The minimum absolute atomic E-state index is 0.363. The van der Waals surface area contributed by atoms with E-state index in [-0.39, 0.29) is 0 Å². The van der Waals surface area contributed by atoms with Crippen molar-refractivity contribution in [2.45, 2.75) is 19.3 Å². The lowest BCUT2D eigenvalue weighted by Crippen LogP contribution is -2.31. The average Bonchev–Trinajstić information content (AvgIpc) is 2.65. The van der Waals surface area contributed by atoms with Gasteiger partial charge in [-0.2, -0.15) is 0 Å². The van der Waals surface area contributed by atoms with Gasteiger partial charge in [0, 0.05) is 19.5 Å². The number of carbonyl (C=O) groups excluding carboxylic acids is 1. The fourth-order valence-corrected chi connectivity index (χ4v) is 2.08. The fraction of sp³-hybridized carbons (Fsp3) is 0.889. The normalized spacial score (nSPS) is 30.2.